The number of phenols is 1. The largest absolute Gasteiger partial charge is 0.676 e. The second kappa shape index (κ2) is 14.5. The third-order valence-corrected chi connectivity index (χ3v) is 7.56. The van der Waals surface area contributed by atoms with Crippen LogP contribution >= 0.6 is 0 Å². The molecule has 0 saturated heterocycles. The van der Waals surface area contributed by atoms with Crippen LogP contribution in [0.1, 0.15) is 82.6 Å². The SMILES string of the molecule is CC(C)(C)c1cc([CH]=[Co])c(O)c(C(C)(C)c2ccccc2)c1.OC(F)(F)C(F)(C(F)(F)F)C(F)(F)F.[NH-]C1CCCCC1[NH-]. The second-order valence-electron chi connectivity index (χ2n) is 12.0. The van der Waals surface area contributed by atoms with Gasteiger partial charge in [0.1, 0.15) is 0 Å². The second-order valence-corrected chi connectivity index (χ2v) is 12.3. The summed E-state index contributed by atoms with van der Waals surface area (Å²) in [6, 6.07) is 14.3. The smallest absolute Gasteiger partial charge is 0.440 e. The Balaban J connectivity index is 0.000000374. The van der Waals surface area contributed by atoms with Crippen molar-refractivity contribution >= 4 is 4.96 Å². The number of hydrogen-bond donors (Lipinski definition) is 2. The van der Waals surface area contributed by atoms with Crippen molar-refractivity contribution in [2.45, 2.75) is 107 Å². The van der Waals surface area contributed by atoms with E-state index < -0.39 is 24.1 Å². The van der Waals surface area contributed by atoms with Crippen molar-refractivity contribution in [1.29, 1.82) is 0 Å². The van der Waals surface area contributed by atoms with Gasteiger partial charge in [-0.25, -0.2) is 4.39 Å². The van der Waals surface area contributed by atoms with Gasteiger partial charge in [-0.3, -0.25) is 0 Å². The minimum absolute atomic E-state index is 0.0139. The summed E-state index contributed by atoms with van der Waals surface area (Å²) in [7, 11) is 0. The molecule has 1 fully saturated rings. The maximum atomic E-state index is 12.1. The van der Waals surface area contributed by atoms with Crippen molar-refractivity contribution in [1.82, 2.24) is 0 Å². The fourth-order valence-corrected chi connectivity index (χ4v) is 4.51. The van der Waals surface area contributed by atoms with Crippen LogP contribution in [0.15, 0.2) is 42.5 Å². The molecule has 4 N–H and O–H groups in total. The number of aromatic hydroxyl groups is 1. The topological polar surface area (TPSA) is 88.1 Å². The van der Waals surface area contributed by atoms with Crippen LogP contribution in [-0.4, -0.2) is 51.4 Å². The summed E-state index contributed by atoms with van der Waals surface area (Å²) in [5.41, 5.74) is 11.4. The summed E-state index contributed by atoms with van der Waals surface area (Å²) in [5, 5.41) is 18.0. The van der Waals surface area contributed by atoms with Crippen molar-refractivity contribution in [3.63, 3.8) is 0 Å². The Morgan fingerprint density at radius 2 is 1.18 bits per heavy atom. The average Bonchev–Trinajstić information content (AvgIpc) is 2.88. The summed E-state index contributed by atoms with van der Waals surface area (Å²) >= 11 is 4.32. The molecule has 4 nitrogen and oxygen atoms in total. The molecule has 44 heavy (non-hydrogen) atoms. The zero-order valence-corrected chi connectivity index (χ0v) is 25.8. The molecular formula is C30H37CoF9N2O2-2. The standard InChI is InChI=1S/C20H24O.C6H12N2.C4HF9O.Co/c1-14-12-16(19(2,3)4)13-17(18(14)21)20(5,6)15-10-8-7-9-11-15;7-5-3-1-2-4-6(5)8;5-1(2(6,7)8,3(9,10)11)4(12,13)14;/h1,7-13,21H,2-6H3;5-8H,1-4H2;14H;/q;-2;;. The van der Waals surface area contributed by atoms with E-state index in [1.165, 1.54) is 24.0 Å². The molecule has 14 heteroatoms. The Morgan fingerprint density at radius 3 is 1.48 bits per heavy atom. The summed E-state index contributed by atoms with van der Waals surface area (Å²) in [6.45, 7) is 10.8. The minimum Gasteiger partial charge on any atom is -0.676 e. The molecule has 1 aliphatic carbocycles. The average molecular weight is 688 g/mol. The number of nitrogens with one attached hydrogen (secondary N) is 2. The Kier molecular flexibility index (Phi) is 13.2. The van der Waals surface area contributed by atoms with Gasteiger partial charge in [-0.05, 0) is 0 Å². The molecule has 0 bridgehead atoms. The van der Waals surface area contributed by atoms with Crippen molar-refractivity contribution in [3.8, 4) is 5.75 Å². The van der Waals surface area contributed by atoms with Gasteiger partial charge in [0.2, 0.25) is 0 Å². The van der Waals surface area contributed by atoms with E-state index in [2.05, 4.69) is 68.1 Å². The van der Waals surface area contributed by atoms with Crippen LogP contribution in [0.25, 0.3) is 11.5 Å². The number of alkyl halides is 9. The maximum absolute atomic E-state index is 12.1. The van der Waals surface area contributed by atoms with E-state index in [-0.39, 0.29) is 22.9 Å². The van der Waals surface area contributed by atoms with E-state index in [0.717, 1.165) is 24.0 Å². The van der Waals surface area contributed by atoms with Gasteiger partial charge in [-0.15, -0.1) is 0 Å². The van der Waals surface area contributed by atoms with E-state index in [9.17, 15) is 44.6 Å². The molecule has 0 aromatic heterocycles. The maximum Gasteiger partial charge on any atom is 0.440 e. The third kappa shape index (κ3) is 9.44. The van der Waals surface area contributed by atoms with Crippen molar-refractivity contribution in [3.05, 3.63) is 76.2 Å². The fourth-order valence-electron chi connectivity index (χ4n) is 4.28. The van der Waals surface area contributed by atoms with E-state index in [0.29, 0.717) is 5.75 Å². The Morgan fingerprint density at radius 1 is 0.750 bits per heavy atom. The molecule has 2 aromatic rings. The molecule has 0 radical (unpaired) electrons. The van der Waals surface area contributed by atoms with Gasteiger partial charge in [0, 0.05) is 0 Å². The normalized spacial score (nSPS) is 18.4. The molecule has 2 atom stereocenters. The molecule has 3 rings (SSSR count). The van der Waals surface area contributed by atoms with Gasteiger partial charge < -0.3 is 16.6 Å². The minimum atomic E-state index is -6.97. The molecule has 2 aromatic carbocycles. The number of halogens is 9. The summed E-state index contributed by atoms with van der Waals surface area (Å²) < 4.78 is 103. The quantitative estimate of drug-likeness (QED) is 0.314. The first kappa shape index (κ1) is 39.9. The summed E-state index contributed by atoms with van der Waals surface area (Å²) in [4.78, 5) is 1.67. The Bertz CT molecular complexity index is 1180. The molecule has 0 amide bonds. The van der Waals surface area contributed by atoms with Gasteiger partial charge in [0.25, 0.3) is 0 Å². The fraction of sp³-hybridized carbons (Fsp3) is 0.567. The molecule has 253 valence electrons. The number of benzene rings is 2. The number of hydrogen-bond acceptors (Lipinski definition) is 2. The first-order valence-electron chi connectivity index (χ1n) is 13.4. The monoisotopic (exact) mass is 687 g/mol. The molecule has 1 aliphatic rings. The number of aliphatic hydroxyl groups is 1. The predicted molar refractivity (Wildman–Crippen MR) is 148 cm³/mol. The van der Waals surface area contributed by atoms with Crippen LogP contribution in [0.4, 0.5) is 39.5 Å². The van der Waals surface area contributed by atoms with E-state index in [1.807, 2.05) is 24.3 Å². The number of phenolic OH excluding ortho intramolecular Hbond substituents is 1. The predicted octanol–water partition coefficient (Wildman–Crippen LogP) is 9.52. The summed E-state index contributed by atoms with van der Waals surface area (Å²) in [5.74, 6) is 0.315. The summed E-state index contributed by atoms with van der Waals surface area (Å²) in [6.07, 6.45) is -16.3. The first-order valence-corrected chi connectivity index (χ1v) is 14.0. The van der Waals surface area contributed by atoms with Crippen LogP contribution < -0.4 is 0 Å². The molecular weight excluding hydrogens is 650 g/mol. The molecule has 1 saturated carbocycles. The zero-order valence-electron chi connectivity index (χ0n) is 24.7. The molecule has 0 spiro atoms. The van der Waals surface area contributed by atoms with Crippen LogP contribution in [-0.2, 0) is 26.1 Å². The van der Waals surface area contributed by atoms with E-state index in [1.54, 1.807) is 4.96 Å². The van der Waals surface area contributed by atoms with Crippen LogP contribution in [0.3, 0.4) is 0 Å². The van der Waals surface area contributed by atoms with E-state index >= 15 is 0 Å². The van der Waals surface area contributed by atoms with E-state index in [4.69, 9.17) is 16.6 Å². The van der Waals surface area contributed by atoms with Crippen molar-refractivity contribution in [2.24, 2.45) is 0 Å². The molecule has 0 heterocycles. The van der Waals surface area contributed by atoms with Crippen LogP contribution in [0.5, 0.6) is 5.75 Å². The van der Waals surface area contributed by atoms with Gasteiger partial charge >= 0.3 is 165 Å². The van der Waals surface area contributed by atoms with Gasteiger partial charge in [-0.2, -0.15) is 47.2 Å². The van der Waals surface area contributed by atoms with Crippen molar-refractivity contribution in [2.75, 3.05) is 0 Å². The Hall–Kier alpha value is -2.13. The van der Waals surface area contributed by atoms with Crippen molar-refractivity contribution < 1.29 is 65.0 Å². The Labute approximate surface area is 259 Å². The van der Waals surface area contributed by atoms with Gasteiger partial charge in [0.05, 0.1) is 0 Å². The number of rotatable bonds is 4. The zero-order chi connectivity index (χ0) is 34.5. The molecule has 2 unspecified atom stereocenters. The molecule has 0 aliphatic heterocycles. The van der Waals surface area contributed by atoms with Gasteiger partial charge in [0.15, 0.2) is 0 Å². The first-order chi connectivity index (χ1) is 19.7. The third-order valence-electron chi connectivity index (χ3n) is 7.24. The van der Waals surface area contributed by atoms with Crippen LogP contribution in [0, 0.1) is 0 Å². The van der Waals surface area contributed by atoms with Crippen LogP contribution in [0.2, 0.25) is 0 Å². The van der Waals surface area contributed by atoms with Gasteiger partial charge in [-0.1, -0.05) is 25.7 Å².